The van der Waals surface area contributed by atoms with Crippen LogP contribution < -0.4 is 0 Å². The molecule has 0 atom stereocenters. The zero-order valence-electron chi connectivity index (χ0n) is 10.7. The van der Waals surface area contributed by atoms with Gasteiger partial charge in [0.25, 0.3) is 0 Å². The maximum atomic E-state index is 10.5. The number of carbonyl (C=O) groups is 1. The van der Waals surface area contributed by atoms with Crippen LogP contribution in [0.4, 0.5) is 0 Å². The van der Waals surface area contributed by atoms with E-state index >= 15 is 0 Å². The van der Waals surface area contributed by atoms with Gasteiger partial charge in [0.1, 0.15) is 0 Å². The maximum Gasteiger partial charge on any atom is 0.303 e. The van der Waals surface area contributed by atoms with E-state index < -0.39 is 5.97 Å². The molecule has 0 fully saturated rings. The topological polar surface area (TPSA) is 37.3 Å². The molecule has 0 aliphatic rings. The van der Waals surface area contributed by atoms with E-state index in [-0.39, 0.29) is 11.8 Å². The van der Waals surface area contributed by atoms with Crippen molar-refractivity contribution in [2.24, 2.45) is 5.41 Å². The largest absolute Gasteiger partial charge is 0.481 e. The van der Waals surface area contributed by atoms with Crippen molar-refractivity contribution >= 4 is 11.5 Å². The number of rotatable bonds is 4. The quantitative estimate of drug-likeness (QED) is 0.852. The summed E-state index contributed by atoms with van der Waals surface area (Å²) < 4.78 is 0. The molecule has 0 amide bonds. The molecule has 17 heavy (non-hydrogen) atoms. The van der Waals surface area contributed by atoms with Crippen LogP contribution in [0.3, 0.4) is 0 Å². The normalized spacial score (nSPS) is 12.5. The molecule has 2 heteroatoms. The fourth-order valence-corrected chi connectivity index (χ4v) is 1.81. The van der Waals surface area contributed by atoms with Crippen LogP contribution in [0.15, 0.2) is 36.4 Å². The van der Waals surface area contributed by atoms with Crippen LogP contribution in [0.25, 0.3) is 5.57 Å². The number of allylic oxidation sites excluding steroid dienone is 2. The number of carboxylic acids is 1. The molecule has 0 spiro atoms. The Balaban J connectivity index is 2.93. The highest BCUT2D eigenvalue weighted by Gasteiger charge is 2.18. The van der Waals surface area contributed by atoms with Gasteiger partial charge >= 0.3 is 5.97 Å². The van der Waals surface area contributed by atoms with Crippen molar-refractivity contribution < 1.29 is 9.90 Å². The maximum absolute atomic E-state index is 10.5. The summed E-state index contributed by atoms with van der Waals surface area (Å²) in [6.45, 7) is 6.44. The Morgan fingerprint density at radius 3 is 2.29 bits per heavy atom. The third kappa shape index (κ3) is 4.43. The summed E-state index contributed by atoms with van der Waals surface area (Å²) in [4.78, 5) is 10.5. The Morgan fingerprint density at radius 1 is 1.24 bits per heavy atom. The summed E-state index contributed by atoms with van der Waals surface area (Å²) in [6.07, 6.45) is 2.81. The Kier molecular flexibility index (Phi) is 4.50. The first-order valence-corrected chi connectivity index (χ1v) is 5.89. The molecule has 0 radical (unpaired) electrons. The second-order valence-corrected chi connectivity index (χ2v) is 5.17. The number of hydrogen-bond acceptors (Lipinski definition) is 1. The van der Waals surface area contributed by atoms with Crippen LogP contribution in [0.5, 0.6) is 0 Å². The van der Waals surface area contributed by atoms with E-state index in [1.807, 2.05) is 24.3 Å². The van der Waals surface area contributed by atoms with E-state index in [9.17, 15) is 4.79 Å². The Morgan fingerprint density at radius 2 is 1.82 bits per heavy atom. The van der Waals surface area contributed by atoms with E-state index in [2.05, 4.69) is 32.9 Å². The van der Waals surface area contributed by atoms with E-state index in [1.165, 1.54) is 11.1 Å². The molecule has 1 N–H and O–H groups in total. The smallest absolute Gasteiger partial charge is 0.303 e. The number of hydrogen-bond donors (Lipinski definition) is 1. The Labute approximate surface area is 103 Å². The van der Waals surface area contributed by atoms with Crippen LogP contribution in [0.2, 0.25) is 0 Å². The van der Waals surface area contributed by atoms with Crippen LogP contribution >= 0.6 is 0 Å². The van der Waals surface area contributed by atoms with Gasteiger partial charge in [-0.05, 0) is 23.0 Å². The fourth-order valence-electron chi connectivity index (χ4n) is 1.81. The van der Waals surface area contributed by atoms with Gasteiger partial charge in [-0.3, -0.25) is 4.79 Å². The van der Waals surface area contributed by atoms with Gasteiger partial charge in [-0.15, -0.1) is 0 Å². The average Bonchev–Trinajstić information content (AvgIpc) is 2.23. The van der Waals surface area contributed by atoms with Gasteiger partial charge in [0, 0.05) is 6.42 Å². The molecule has 1 aromatic rings. The molecule has 0 bridgehead atoms. The highest BCUT2D eigenvalue weighted by molar-refractivity contribution is 5.71. The second kappa shape index (κ2) is 5.67. The molecule has 0 aliphatic heterocycles. The summed E-state index contributed by atoms with van der Waals surface area (Å²) in [5, 5.41) is 8.67. The third-order valence-electron chi connectivity index (χ3n) is 2.60. The standard InChI is InChI=1S/C15H20O2/c1-15(2,3)13(10-7-11-14(16)17)12-8-5-4-6-9-12/h4-6,8-10H,7,11H2,1-3H3,(H,16,17). The van der Waals surface area contributed by atoms with Gasteiger partial charge in [-0.25, -0.2) is 0 Å². The molecule has 0 unspecified atom stereocenters. The molecular weight excluding hydrogens is 212 g/mol. The van der Waals surface area contributed by atoms with E-state index in [0.29, 0.717) is 6.42 Å². The Hall–Kier alpha value is -1.57. The van der Waals surface area contributed by atoms with Gasteiger partial charge in [-0.1, -0.05) is 57.2 Å². The first-order chi connectivity index (χ1) is 7.91. The van der Waals surface area contributed by atoms with Crippen molar-refractivity contribution in [1.29, 1.82) is 0 Å². The molecule has 1 rings (SSSR count). The average molecular weight is 232 g/mol. The highest BCUT2D eigenvalue weighted by atomic mass is 16.4. The van der Waals surface area contributed by atoms with Gasteiger partial charge in [-0.2, -0.15) is 0 Å². The number of benzene rings is 1. The summed E-state index contributed by atoms with van der Waals surface area (Å²) in [5.74, 6) is -0.748. The van der Waals surface area contributed by atoms with Crippen LogP contribution in [0.1, 0.15) is 39.2 Å². The first kappa shape index (κ1) is 13.5. The van der Waals surface area contributed by atoms with Gasteiger partial charge in [0.05, 0.1) is 0 Å². The van der Waals surface area contributed by atoms with E-state index in [4.69, 9.17) is 5.11 Å². The summed E-state index contributed by atoms with van der Waals surface area (Å²) in [5.41, 5.74) is 2.41. The molecule has 0 saturated carbocycles. The first-order valence-electron chi connectivity index (χ1n) is 5.89. The second-order valence-electron chi connectivity index (χ2n) is 5.17. The fraction of sp³-hybridized carbons (Fsp3) is 0.400. The molecule has 0 aliphatic carbocycles. The van der Waals surface area contributed by atoms with Crippen LogP contribution in [0, 0.1) is 5.41 Å². The van der Waals surface area contributed by atoms with Crippen LogP contribution in [-0.2, 0) is 4.79 Å². The molecule has 92 valence electrons. The third-order valence-corrected chi connectivity index (χ3v) is 2.60. The summed E-state index contributed by atoms with van der Waals surface area (Å²) >= 11 is 0. The minimum atomic E-state index is -0.748. The highest BCUT2D eigenvalue weighted by Crippen LogP contribution is 2.34. The van der Waals surface area contributed by atoms with Crippen molar-refractivity contribution in [2.45, 2.75) is 33.6 Å². The lowest BCUT2D eigenvalue weighted by Crippen LogP contribution is -2.08. The lowest BCUT2D eigenvalue weighted by atomic mass is 9.81. The molecule has 0 aromatic heterocycles. The lowest BCUT2D eigenvalue weighted by Gasteiger charge is -2.23. The molecule has 2 nitrogen and oxygen atoms in total. The summed E-state index contributed by atoms with van der Waals surface area (Å²) in [6, 6.07) is 10.1. The van der Waals surface area contributed by atoms with Crippen molar-refractivity contribution in [3.05, 3.63) is 42.0 Å². The van der Waals surface area contributed by atoms with Gasteiger partial charge < -0.3 is 5.11 Å². The van der Waals surface area contributed by atoms with Crippen molar-refractivity contribution in [1.82, 2.24) is 0 Å². The van der Waals surface area contributed by atoms with Crippen molar-refractivity contribution in [3.63, 3.8) is 0 Å². The predicted molar refractivity (Wildman–Crippen MR) is 70.7 cm³/mol. The number of aliphatic carboxylic acids is 1. The summed E-state index contributed by atoms with van der Waals surface area (Å²) in [7, 11) is 0. The van der Waals surface area contributed by atoms with Gasteiger partial charge in [0.2, 0.25) is 0 Å². The SMILES string of the molecule is CC(C)(C)C(=CCCC(=O)O)c1ccccc1. The van der Waals surface area contributed by atoms with Crippen molar-refractivity contribution in [3.8, 4) is 0 Å². The molecule has 0 heterocycles. The minimum absolute atomic E-state index is 0.0276. The van der Waals surface area contributed by atoms with E-state index in [1.54, 1.807) is 0 Å². The monoisotopic (exact) mass is 232 g/mol. The van der Waals surface area contributed by atoms with Crippen LogP contribution in [-0.4, -0.2) is 11.1 Å². The van der Waals surface area contributed by atoms with Gasteiger partial charge in [0.15, 0.2) is 0 Å². The Bertz CT molecular complexity index is 397. The zero-order chi connectivity index (χ0) is 12.9. The molecular formula is C15H20O2. The zero-order valence-corrected chi connectivity index (χ0v) is 10.7. The lowest BCUT2D eigenvalue weighted by molar-refractivity contribution is -0.136. The number of carboxylic acid groups (broad SMARTS) is 1. The predicted octanol–water partition coefficient (Wildman–Crippen LogP) is 3.98. The van der Waals surface area contributed by atoms with E-state index in [0.717, 1.165) is 0 Å². The minimum Gasteiger partial charge on any atom is -0.481 e. The molecule has 1 aromatic carbocycles. The molecule has 0 saturated heterocycles. The van der Waals surface area contributed by atoms with Crippen molar-refractivity contribution in [2.75, 3.05) is 0 Å².